The lowest BCUT2D eigenvalue weighted by Gasteiger charge is -2.05. The summed E-state index contributed by atoms with van der Waals surface area (Å²) >= 11 is 0. The van der Waals surface area contributed by atoms with Crippen LogP contribution in [0.5, 0.6) is 0 Å². The van der Waals surface area contributed by atoms with Gasteiger partial charge in [-0.1, -0.05) is 0 Å². The second-order valence-corrected chi connectivity index (χ2v) is 3.07. The standard InChI is InChI=1S/C10H13NO2/c1-7-8(2)11-6-5-9(7)3-4-10(12)13/h5-6H,3-4H2,1-2H3,(H,12,13). The molecule has 0 amide bonds. The minimum atomic E-state index is -0.756. The van der Waals surface area contributed by atoms with Gasteiger partial charge in [0.1, 0.15) is 0 Å². The average molecular weight is 179 g/mol. The molecule has 13 heavy (non-hydrogen) atoms. The molecule has 0 saturated heterocycles. The first-order chi connectivity index (χ1) is 6.11. The highest BCUT2D eigenvalue weighted by Gasteiger charge is 2.03. The molecule has 0 spiro atoms. The maximum atomic E-state index is 10.4. The van der Waals surface area contributed by atoms with Crippen LogP contribution in [0.1, 0.15) is 23.2 Å². The summed E-state index contributed by atoms with van der Waals surface area (Å²) < 4.78 is 0. The smallest absolute Gasteiger partial charge is 0.303 e. The second kappa shape index (κ2) is 4.03. The molecule has 0 radical (unpaired) electrons. The Labute approximate surface area is 77.4 Å². The molecule has 1 N–H and O–H groups in total. The summed E-state index contributed by atoms with van der Waals surface area (Å²) in [5.41, 5.74) is 3.15. The fraction of sp³-hybridized carbons (Fsp3) is 0.400. The number of carboxylic acid groups (broad SMARTS) is 1. The van der Waals surface area contributed by atoms with Crippen molar-refractivity contribution in [2.75, 3.05) is 0 Å². The number of pyridine rings is 1. The Morgan fingerprint density at radius 1 is 1.54 bits per heavy atom. The number of carbonyl (C=O) groups is 1. The molecule has 1 rings (SSSR count). The summed E-state index contributed by atoms with van der Waals surface area (Å²) in [6.45, 7) is 3.90. The van der Waals surface area contributed by atoms with E-state index in [2.05, 4.69) is 4.98 Å². The van der Waals surface area contributed by atoms with Crippen LogP contribution < -0.4 is 0 Å². The molecule has 3 heteroatoms. The number of nitrogens with zero attached hydrogens (tertiary/aromatic N) is 1. The van der Waals surface area contributed by atoms with E-state index in [1.54, 1.807) is 6.20 Å². The quantitative estimate of drug-likeness (QED) is 0.768. The van der Waals surface area contributed by atoms with Crippen LogP contribution in [0.25, 0.3) is 0 Å². The molecule has 0 bridgehead atoms. The monoisotopic (exact) mass is 179 g/mol. The summed E-state index contributed by atoms with van der Waals surface area (Å²) in [6.07, 6.45) is 2.49. The van der Waals surface area contributed by atoms with Crippen LogP contribution in [0.4, 0.5) is 0 Å². The third-order valence-corrected chi connectivity index (χ3v) is 2.18. The number of aliphatic carboxylic acids is 1. The van der Waals surface area contributed by atoms with Crippen LogP contribution in [-0.2, 0) is 11.2 Å². The van der Waals surface area contributed by atoms with Crippen molar-refractivity contribution in [2.24, 2.45) is 0 Å². The number of rotatable bonds is 3. The van der Waals surface area contributed by atoms with E-state index >= 15 is 0 Å². The highest BCUT2D eigenvalue weighted by Crippen LogP contribution is 2.11. The van der Waals surface area contributed by atoms with Gasteiger partial charge in [0.25, 0.3) is 0 Å². The number of hydrogen-bond donors (Lipinski definition) is 1. The Hall–Kier alpha value is -1.38. The molecule has 0 atom stereocenters. The van der Waals surface area contributed by atoms with Crippen molar-refractivity contribution in [1.29, 1.82) is 0 Å². The third-order valence-electron chi connectivity index (χ3n) is 2.18. The molecular weight excluding hydrogens is 166 g/mol. The first-order valence-electron chi connectivity index (χ1n) is 4.24. The Morgan fingerprint density at radius 3 is 2.85 bits per heavy atom. The molecule has 0 unspecified atom stereocenters. The molecule has 1 aromatic heterocycles. The number of aryl methyl sites for hydroxylation is 2. The van der Waals surface area contributed by atoms with Crippen molar-refractivity contribution >= 4 is 5.97 Å². The first-order valence-corrected chi connectivity index (χ1v) is 4.24. The van der Waals surface area contributed by atoms with Crippen LogP contribution in [0, 0.1) is 13.8 Å². The molecule has 1 heterocycles. The lowest BCUT2D eigenvalue weighted by atomic mass is 10.0. The zero-order valence-corrected chi connectivity index (χ0v) is 7.87. The summed E-state index contributed by atoms with van der Waals surface area (Å²) in [5.74, 6) is -0.756. The van der Waals surface area contributed by atoms with E-state index < -0.39 is 5.97 Å². The van der Waals surface area contributed by atoms with Crippen molar-refractivity contribution in [3.63, 3.8) is 0 Å². The van der Waals surface area contributed by atoms with Gasteiger partial charge in [-0.15, -0.1) is 0 Å². The largest absolute Gasteiger partial charge is 0.481 e. The van der Waals surface area contributed by atoms with E-state index in [4.69, 9.17) is 5.11 Å². The van der Waals surface area contributed by atoms with Gasteiger partial charge >= 0.3 is 5.97 Å². The van der Waals surface area contributed by atoms with Gasteiger partial charge in [0.2, 0.25) is 0 Å². The van der Waals surface area contributed by atoms with Crippen LogP contribution in [-0.4, -0.2) is 16.1 Å². The fourth-order valence-electron chi connectivity index (χ4n) is 1.21. The normalized spacial score (nSPS) is 10.0. The SMILES string of the molecule is Cc1nccc(CCC(=O)O)c1C. The maximum absolute atomic E-state index is 10.4. The summed E-state index contributed by atoms with van der Waals surface area (Å²) in [4.78, 5) is 14.5. The second-order valence-electron chi connectivity index (χ2n) is 3.07. The predicted molar refractivity (Wildman–Crippen MR) is 49.7 cm³/mol. The van der Waals surface area contributed by atoms with Gasteiger partial charge in [0.15, 0.2) is 0 Å². The summed E-state index contributed by atoms with van der Waals surface area (Å²) in [6, 6.07) is 1.88. The molecule has 1 aromatic rings. The Balaban J connectivity index is 2.77. The predicted octanol–water partition coefficient (Wildman–Crippen LogP) is 1.72. The highest BCUT2D eigenvalue weighted by molar-refractivity contribution is 5.67. The first kappa shape index (κ1) is 9.71. The van der Waals surface area contributed by atoms with E-state index in [1.807, 2.05) is 19.9 Å². The zero-order valence-electron chi connectivity index (χ0n) is 7.87. The van der Waals surface area contributed by atoms with Gasteiger partial charge in [0, 0.05) is 18.3 Å². The molecule has 0 aliphatic carbocycles. The molecule has 0 saturated carbocycles. The van der Waals surface area contributed by atoms with Gasteiger partial charge in [-0.3, -0.25) is 9.78 Å². The van der Waals surface area contributed by atoms with E-state index in [0.717, 1.165) is 16.8 Å². The van der Waals surface area contributed by atoms with Crippen molar-refractivity contribution in [3.05, 3.63) is 29.1 Å². The van der Waals surface area contributed by atoms with Crippen molar-refractivity contribution in [1.82, 2.24) is 4.98 Å². The minimum Gasteiger partial charge on any atom is -0.481 e. The van der Waals surface area contributed by atoms with Crippen molar-refractivity contribution in [3.8, 4) is 0 Å². The third kappa shape index (κ3) is 2.54. The topological polar surface area (TPSA) is 50.2 Å². The number of aromatic nitrogens is 1. The molecule has 0 aliphatic rings. The minimum absolute atomic E-state index is 0.185. The van der Waals surface area contributed by atoms with Crippen LogP contribution >= 0.6 is 0 Å². The lowest BCUT2D eigenvalue weighted by Crippen LogP contribution is -2.00. The summed E-state index contributed by atoms with van der Waals surface area (Å²) in [5, 5.41) is 8.52. The van der Waals surface area contributed by atoms with E-state index in [1.165, 1.54) is 0 Å². The van der Waals surface area contributed by atoms with E-state index in [0.29, 0.717) is 6.42 Å². The average Bonchev–Trinajstić information content (AvgIpc) is 2.07. The molecular formula is C10H13NO2. The maximum Gasteiger partial charge on any atom is 0.303 e. The molecule has 3 nitrogen and oxygen atoms in total. The highest BCUT2D eigenvalue weighted by atomic mass is 16.4. The Kier molecular flexibility index (Phi) is 3.01. The van der Waals surface area contributed by atoms with Gasteiger partial charge in [-0.2, -0.15) is 0 Å². The van der Waals surface area contributed by atoms with Gasteiger partial charge in [-0.05, 0) is 37.5 Å². The van der Waals surface area contributed by atoms with Crippen molar-refractivity contribution < 1.29 is 9.90 Å². The Bertz CT molecular complexity index is 321. The molecule has 0 aromatic carbocycles. The van der Waals surface area contributed by atoms with Gasteiger partial charge < -0.3 is 5.11 Å². The molecule has 0 fully saturated rings. The zero-order chi connectivity index (χ0) is 9.84. The summed E-state index contributed by atoms with van der Waals surface area (Å²) in [7, 11) is 0. The van der Waals surface area contributed by atoms with Crippen molar-refractivity contribution in [2.45, 2.75) is 26.7 Å². The van der Waals surface area contributed by atoms with Gasteiger partial charge in [-0.25, -0.2) is 0 Å². The lowest BCUT2D eigenvalue weighted by molar-refractivity contribution is -0.136. The van der Waals surface area contributed by atoms with E-state index in [9.17, 15) is 4.79 Å². The Morgan fingerprint density at radius 2 is 2.23 bits per heavy atom. The van der Waals surface area contributed by atoms with Crippen LogP contribution in [0.15, 0.2) is 12.3 Å². The van der Waals surface area contributed by atoms with Crippen LogP contribution in [0.2, 0.25) is 0 Å². The molecule has 0 aliphatic heterocycles. The fourth-order valence-corrected chi connectivity index (χ4v) is 1.21. The number of hydrogen-bond acceptors (Lipinski definition) is 2. The molecule has 70 valence electrons. The van der Waals surface area contributed by atoms with Gasteiger partial charge in [0.05, 0.1) is 0 Å². The van der Waals surface area contributed by atoms with Crippen LogP contribution in [0.3, 0.4) is 0 Å². The van der Waals surface area contributed by atoms with E-state index in [-0.39, 0.29) is 6.42 Å². The number of carboxylic acids is 1.